The maximum Gasteiger partial charge on any atom is 0.122 e. The van der Waals surface area contributed by atoms with Crippen molar-refractivity contribution in [2.45, 2.75) is 25.7 Å². The van der Waals surface area contributed by atoms with E-state index in [1.165, 1.54) is 24.9 Å². The van der Waals surface area contributed by atoms with Crippen LogP contribution in [0.1, 0.15) is 29.9 Å². The Labute approximate surface area is 110 Å². The fourth-order valence-corrected chi connectivity index (χ4v) is 2.81. The zero-order valence-corrected chi connectivity index (χ0v) is 11.8. The Morgan fingerprint density at radius 2 is 1.89 bits per heavy atom. The lowest BCUT2D eigenvalue weighted by Gasteiger charge is -2.31. The average molecular weight is 249 g/mol. The van der Waals surface area contributed by atoms with E-state index in [9.17, 15) is 0 Å². The first-order valence-electron chi connectivity index (χ1n) is 6.56. The summed E-state index contributed by atoms with van der Waals surface area (Å²) in [7, 11) is 5.66. The first-order valence-corrected chi connectivity index (χ1v) is 6.56. The lowest BCUT2D eigenvalue weighted by Crippen LogP contribution is -2.31. The van der Waals surface area contributed by atoms with Crippen LogP contribution >= 0.6 is 0 Å². The topological polar surface area (TPSA) is 21.7 Å². The molecule has 1 atom stereocenters. The molecule has 1 heterocycles. The Hall–Kier alpha value is -1.22. The Morgan fingerprint density at radius 3 is 2.50 bits per heavy atom. The second kappa shape index (κ2) is 5.61. The minimum Gasteiger partial charge on any atom is -0.496 e. The predicted molar refractivity (Wildman–Crippen MR) is 73.8 cm³/mol. The third kappa shape index (κ3) is 2.61. The molecule has 1 aromatic rings. The molecule has 0 radical (unpaired) electrons. The normalized spacial score (nSPS) is 20.8. The predicted octanol–water partition coefficient (Wildman–Crippen LogP) is 2.82. The number of hydrogen-bond donors (Lipinski definition) is 0. The standard InChI is InChI=1S/C15H23NO2/c1-11-8-15(18-4)13(9-14(11)17-3)12-6-5-7-16(2)10-12/h8-9,12H,5-7,10H2,1-4H3/t12-/m1/s1. The highest BCUT2D eigenvalue weighted by Gasteiger charge is 2.23. The molecular formula is C15H23NO2. The summed E-state index contributed by atoms with van der Waals surface area (Å²) in [5.41, 5.74) is 2.41. The highest BCUT2D eigenvalue weighted by molar-refractivity contribution is 5.47. The highest BCUT2D eigenvalue weighted by Crippen LogP contribution is 2.37. The molecule has 2 rings (SSSR count). The molecule has 0 aliphatic carbocycles. The summed E-state index contributed by atoms with van der Waals surface area (Å²) in [6.45, 7) is 4.35. The molecule has 1 aliphatic rings. The third-order valence-corrected chi connectivity index (χ3v) is 3.81. The van der Waals surface area contributed by atoms with E-state index >= 15 is 0 Å². The van der Waals surface area contributed by atoms with Crippen LogP contribution in [0.15, 0.2) is 12.1 Å². The maximum atomic E-state index is 5.54. The number of ether oxygens (including phenoxy) is 2. The van der Waals surface area contributed by atoms with Gasteiger partial charge in [0, 0.05) is 18.0 Å². The maximum absolute atomic E-state index is 5.54. The van der Waals surface area contributed by atoms with E-state index in [0.717, 1.165) is 23.6 Å². The Balaban J connectivity index is 2.35. The summed E-state index contributed by atoms with van der Waals surface area (Å²) in [5, 5.41) is 0. The molecular weight excluding hydrogens is 226 g/mol. The van der Waals surface area contributed by atoms with E-state index in [2.05, 4.69) is 31.0 Å². The van der Waals surface area contributed by atoms with Crippen LogP contribution in [0.5, 0.6) is 11.5 Å². The van der Waals surface area contributed by atoms with Crippen LogP contribution in [0.25, 0.3) is 0 Å². The molecule has 1 aliphatic heterocycles. The number of hydrogen-bond acceptors (Lipinski definition) is 3. The summed E-state index contributed by atoms with van der Waals surface area (Å²) in [5.74, 6) is 2.50. The van der Waals surface area contributed by atoms with Crippen LogP contribution in [0, 0.1) is 6.92 Å². The minimum atomic E-state index is 0.549. The van der Waals surface area contributed by atoms with E-state index in [0.29, 0.717) is 5.92 Å². The average Bonchev–Trinajstić information content (AvgIpc) is 2.38. The van der Waals surface area contributed by atoms with Gasteiger partial charge in [-0.05, 0) is 51.1 Å². The SMILES string of the molecule is COc1cc([C@@H]2CCCN(C)C2)c(OC)cc1C. The van der Waals surface area contributed by atoms with Crippen LogP contribution in [0.2, 0.25) is 0 Å². The minimum absolute atomic E-state index is 0.549. The monoisotopic (exact) mass is 249 g/mol. The molecule has 0 unspecified atom stereocenters. The van der Waals surface area contributed by atoms with E-state index in [4.69, 9.17) is 9.47 Å². The molecule has 18 heavy (non-hydrogen) atoms. The lowest BCUT2D eigenvalue weighted by molar-refractivity contribution is 0.247. The molecule has 0 saturated carbocycles. The van der Waals surface area contributed by atoms with Gasteiger partial charge in [-0.3, -0.25) is 0 Å². The van der Waals surface area contributed by atoms with Gasteiger partial charge in [0.1, 0.15) is 11.5 Å². The van der Waals surface area contributed by atoms with Crippen molar-refractivity contribution in [1.29, 1.82) is 0 Å². The van der Waals surface area contributed by atoms with Crippen molar-refractivity contribution < 1.29 is 9.47 Å². The number of aryl methyl sites for hydroxylation is 1. The van der Waals surface area contributed by atoms with Crippen molar-refractivity contribution in [3.8, 4) is 11.5 Å². The van der Waals surface area contributed by atoms with Gasteiger partial charge in [-0.2, -0.15) is 0 Å². The number of methoxy groups -OCH3 is 2. The van der Waals surface area contributed by atoms with Crippen LogP contribution in [0.4, 0.5) is 0 Å². The number of piperidine rings is 1. The van der Waals surface area contributed by atoms with Crippen molar-refractivity contribution in [2.75, 3.05) is 34.4 Å². The molecule has 0 spiro atoms. The van der Waals surface area contributed by atoms with Crippen molar-refractivity contribution in [1.82, 2.24) is 4.90 Å². The Morgan fingerprint density at radius 1 is 1.17 bits per heavy atom. The Bertz CT molecular complexity index is 417. The van der Waals surface area contributed by atoms with Crippen LogP contribution in [0.3, 0.4) is 0 Å². The zero-order valence-electron chi connectivity index (χ0n) is 11.8. The molecule has 1 fully saturated rings. The van der Waals surface area contributed by atoms with Crippen molar-refractivity contribution in [3.05, 3.63) is 23.3 Å². The zero-order chi connectivity index (χ0) is 13.1. The van der Waals surface area contributed by atoms with E-state index < -0.39 is 0 Å². The molecule has 100 valence electrons. The fraction of sp³-hybridized carbons (Fsp3) is 0.600. The van der Waals surface area contributed by atoms with Gasteiger partial charge < -0.3 is 14.4 Å². The third-order valence-electron chi connectivity index (χ3n) is 3.81. The quantitative estimate of drug-likeness (QED) is 0.822. The van der Waals surface area contributed by atoms with Crippen LogP contribution in [-0.2, 0) is 0 Å². The molecule has 1 saturated heterocycles. The number of likely N-dealkylation sites (tertiary alicyclic amines) is 1. The molecule has 0 N–H and O–H groups in total. The molecule has 3 heteroatoms. The first-order chi connectivity index (χ1) is 8.65. The van der Waals surface area contributed by atoms with E-state index in [1.807, 2.05) is 0 Å². The molecule has 3 nitrogen and oxygen atoms in total. The van der Waals surface area contributed by atoms with Gasteiger partial charge in [0.25, 0.3) is 0 Å². The smallest absolute Gasteiger partial charge is 0.122 e. The number of rotatable bonds is 3. The van der Waals surface area contributed by atoms with Crippen LogP contribution < -0.4 is 9.47 Å². The second-order valence-corrected chi connectivity index (χ2v) is 5.17. The van der Waals surface area contributed by atoms with Gasteiger partial charge in [-0.25, -0.2) is 0 Å². The second-order valence-electron chi connectivity index (χ2n) is 5.17. The largest absolute Gasteiger partial charge is 0.496 e. The summed E-state index contributed by atoms with van der Waals surface area (Å²) in [6, 6.07) is 4.24. The van der Waals surface area contributed by atoms with Crippen molar-refractivity contribution in [2.24, 2.45) is 0 Å². The van der Waals surface area contributed by atoms with Gasteiger partial charge >= 0.3 is 0 Å². The molecule has 1 aromatic carbocycles. The lowest BCUT2D eigenvalue weighted by atomic mass is 9.89. The van der Waals surface area contributed by atoms with Crippen LogP contribution in [-0.4, -0.2) is 39.3 Å². The Kier molecular flexibility index (Phi) is 4.12. The van der Waals surface area contributed by atoms with Gasteiger partial charge in [0.2, 0.25) is 0 Å². The van der Waals surface area contributed by atoms with Gasteiger partial charge in [-0.1, -0.05) is 0 Å². The summed E-state index contributed by atoms with van der Waals surface area (Å²) in [6.07, 6.45) is 2.48. The summed E-state index contributed by atoms with van der Waals surface area (Å²) < 4.78 is 11.0. The first kappa shape index (κ1) is 13.2. The summed E-state index contributed by atoms with van der Waals surface area (Å²) >= 11 is 0. The molecule has 0 bridgehead atoms. The van der Waals surface area contributed by atoms with Crippen molar-refractivity contribution >= 4 is 0 Å². The van der Waals surface area contributed by atoms with Gasteiger partial charge in [0.05, 0.1) is 14.2 Å². The highest BCUT2D eigenvalue weighted by atomic mass is 16.5. The van der Waals surface area contributed by atoms with E-state index in [1.54, 1.807) is 14.2 Å². The van der Waals surface area contributed by atoms with Gasteiger partial charge in [0.15, 0.2) is 0 Å². The fourth-order valence-electron chi connectivity index (χ4n) is 2.81. The number of nitrogens with zero attached hydrogens (tertiary/aromatic N) is 1. The van der Waals surface area contributed by atoms with Crippen molar-refractivity contribution in [3.63, 3.8) is 0 Å². The van der Waals surface area contributed by atoms with Gasteiger partial charge in [-0.15, -0.1) is 0 Å². The molecule has 0 amide bonds. The molecule has 0 aromatic heterocycles. The van der Waals surface area contributed by atoms with E-state index in [-0.39, 0.29) is 0 Å². The number of likely N-dealkylation sites (N-methyl/N-ethyl adjacent to an activating group) is 1. The summed E-state index contributed by atoms with van der Waals surface area (Å²) in [4.78, 5) is 2.39. The number of benzene rings is 1.